The van der Waals surface area contributed by atoms with Gasteiger partial charge in [0.1, 0.15) is 0 Å². The zero-order valence-corrected chi connectivity index (χ0v) is 12.3. The fourth-order valence-corrected chi connectivity index (χ4v) is 2.83. The van der Waals surface area contributed by atoms with Gasteiger partial charge in [-0.3, -0.25) is 4.79 Å². The molecule has 4 heteroatoms. The normalized spacial score (nSPS) is 10.8. The molecule has 100 valence electrons. The van der Waals surface area contributed by atoms with Crippen molar-refractivity contribution in [3.63, 3.8) is 0 Å². The highest BCUT2D eigenvalue weighted by Crippen LogP contribution is 2.25. The highest BCUT2D eigenvalue weighted by molar-refractivity contribution is 9.10. The number of primary amides is 1. The molecule has 2 aromatic carbocycles. The van der Waals surface area contributed by atoms with Gasteiger partial charge < -0.3 is 10.3 Å². The number of aromatic nitrogens is 1. The Morgan fingerprint density at radius 3 is 2.75 bits per heavy atom. The molecule has 20 heavy (non-hydrogen) atoms. The van der Waals surface area contributed by atoms with Gasteiger partial charge in [0.15, 0.2) is 0 Å². The van der Waals surface area contributed by atoms with Gasteiger partial charge in [-0.05, 0) is 35.9 Å². The van der Waals surface area contributed by atoms with E-state index < -0.39 is 5.91 Å². The number of halogens is 1. The second-order valence-corrected chi connectivity index (χ2v) is 5.54. The smallest absolute Gasteiger partial charge is 0.248 e. The minimum absolute atomic E-state index is 0.396. The number of nitrogens with zero attached hydrogens (tertiary/aromatic N) is 1. The average Bonchev–Trinajstić information content (AvgIpc) is 2.84. The Bertz CT molecular complexity index is 792. The maximum Gasteiger partial charge on any atom is 0.248 e. The van der Waals surface area contributed by atoms with Gasteiger partial charge in [-0.25, -0.2) is 0 Å². The van der Waals surface area contributed by atoms with Crippen molar-refractivity contribution in [1.29, 1.82) is 0 Å². The lowest BCUT2D eigenvalue weighted by molar-refractivity contribution is 0.1000. The molecule has 0 saturated heterocycles. The van der Waals surface area contributed by atoms with Crippen molar-refractivity contribution in [3.05, 3.63) is 70.3 Å². The highest BCUT2D eigenvalue weighted by Gasteiger charge is 2.06. The van der Waals surface area contributed by atoms with E-state index in [4.69, 9.17) is 5.73 Å². The summed E-state index contributed by atoms with van der Waals surface area (Å²) in [5.74, 6) is -0.396. The molecule has 0 unspecified atom stereocenters. The van der Waals surface area contributed by atoms with Crippen molar-refractivity contribution in [2.24, 2.45) is 5.73 Å². The van der Waals surface area contributed by atoms with Crippen LogP contribution in [0, 0.1) is 0 Å². The third-order valence-corrected chi connectivity index (χ3v) is 4.02. The maximum absolute atomic E-state index is 11.2. The minimum atomic E-state index is -0.396. The molecule has 3 nitrogen and oxygen atoms in total. The van der Waals surface area contributed by atoms with E-state index in [0.29, 0.717) is 12.1 Å². The summed E-state index contributed by atoms with van der Waals surface area (Å²) in [5.41, 5.74) is 8.07. The van der Waals surface area contributed by atoms with Crippen molar-refractivity contribution in [1.82, 2.24) is 4.57 Å². The van der Waals surface area contributed by atoms with E-state index in [1.54, 1.807) is 6.07 Å². The standard InChI is InChI=1S/C16H13BrN2O/c17-14-5-2-6-15-13(14)7-8-19(15)10-11-3-1-4-12(9-11)16(18)20/h1-9H,10H2,(H2,18,20). The van der Waals surface area contributed by atoms with Crippen LogP contribution < -0.4 is 5.73 Å². The van der Waals surface area contributed by atoms with E-state index in [1.807, 2.05) is 36.5 Å². The SMILES string of the molecule is NC(=O)c1cccc(Cn2ccc3c(Br)cccc32)c1. The first kappa shape index (κ1) is 12.9. The van der Waals surface area contributed by atoms with Crippen molar-refractivity contribution < 1.29 is 4.79 Å². The maximum atomic E-state index is 11.2. The quantitative estimate of drug-likeness (QED) is 0.785. The number of benzene rings is 2. The van der Waals surface area contributed by atoms with Crippen LogP contribution >= 0.6 is 15.9 Å². The molecule has 0 atom stereocenters. The van der Waals surface area contributed by atoms with Gasteiger partial charge in [0.2, 0.25) is 5.91 Å². The van der Waals surface area contributed by atoms with Gasteiger partial charge in [0.25, 0.3) is 0 Å². The van der Waals surface area contributed by atoms with E-state index in [2.05, 4.69) is 32.6 Å². The van der Waals surface area contributed by atoms with Crippen molar-refractivity contribution >= 4 is 32.7 Å². The first-order valence-electron chi connectivity index (χ1n) is 6.27. The van der Waals surface area contributed by atoms with Crippen LogP contribution in [0.15, 0.2) is 59.2 Å². The van der Waals surface area contributed by atoms with Gasteiger partial charge in [-0.1, -0.05) is 34.1 Å². The third-order valence-electron chi connectivity index (χ3n) is 3.32. The topological polar surface area (TPSA) is 48.0 Å². The molecule has 1 heterocycles. The second-order valence-electron chi connectivity index (χ2n) is 4.68. The molecule has 2 N–H and O–H groups in total. The second kappa shape index (κ2) is 5.13. The van der Waals surface area contributed by atoms with Crippen molar-refractivity contribution in [2.45, 2.75) is 6.54 Å². The average molecular weight is 329 g/mol. The third kappa shape index (κ3) is 2.34. The molecule has 1 amide bonds. The van der Waals surface area contributed by atoms with Crippen molar-refractivity contribution in [2.75, 3.05) is 0 Å². The number of rotatable bonds is 3. The summed E-state index contributed by atoms with van der Waals surface area (Å²) in [6, 6.07) is 15.6. The Labute approximate surface area is 125 Å². The van der Waals surface area contributed by atoms with E-state index >= 15 is 0 Å². The van der Waals surface area contributed by atoms with Gasteiger partial charge >= 0.3 is 0 Å². The number of fused-ring (bicyclic) bond motifs is 1. The first-order chi connectivity index (χ1) is 9.65. The summed E-state index contributed by atoms with van der Waals surface area (Å²) in [6.07, 6.45) is 2.05. The summed E-state index contributed by atoms with van der Waals surface area (Å²) in [6.45, 7) is 0.709. The number of nitrogens with two attached hydrogens (primary N) is 1. The summed E-state index contributed by atoms with van der Waals surface area (Å²) >= 11 is 3.55. The van der Waals surface area contributed by atoms with E-state index in [-0.39, 0.29) is 0 Å². The van der Waals surface area contributed by atoms with Gasteiger partial charge in [0, 0.05) is 33.7 Å². The predicted molar refractivity (Wildman–Crippen MR) is 83.7 cm³/mol. The molecular formula is C16H13BrN2O. The minimum Gasteiger partial charge on any atom is -0.366 e. The molecule has 0 fully saturated rings. The number of hydrogen-bond acceptors (Lipinski definition) is 1. The monoisotopic (exact) mass is 328 g/mol. The lowest BCUT2D eigenvalue weighted by Gasteiger charge is -2.07. The number of carbonyl (C=O) groups excluding carboxylic acids is 1. The molecule has 0 radical (unpaired) electrons. The van der Waals surface area contributed by atoms with Crippen LogP contribution in [0.25, 0.3) is 10.9 Å². The number of amides is 1. The molecule has 0 spiro atoms. The number of carbonyl (C=O) groups is 1. The van der Waals surface area contributed by atoms with Gasteiger partial charge in [-0.15, -0.1) is 0 Å². The molecule has 0 aliphatic carbocycles. The first-order valence-corrected chi connectivity index (χ1v) is 7.06. The molecule has 1 aromatic heterocycles. The molecule has 0 saturated carbocycles. The molecule has 0 aliphatic heterocycles. The van der Waals surface area contributed by atoms with E-state index in [1.165, 1.54) is 5.39 Å². The summed E-state index contributed by atoms with van der Waals surface area (Å²) < 4.78 is 3.24. The van der Waals surface area contributed by atoms with Crippen LogP contribution in [-0.2, 0) is 6.54 Å². The summed E-state index contributed by atoms with van der Waals surface area (Å²) in [4.78, 5) is 11.2. The number of hydrogen-bond donors (Lipinski definition) is 1. The zero-order chi connectivity index (χ0) is 14.1. The lowest BCUT2D eigenvalue weighted by Crippen LogP contribution is -2.11. The molecule has 3 rings (SSSR count). The largest absolute Gasteiger partial charge is 0.366 e. The van der Waals surface area contributed by atoms with Crippen LogP contribution in [0.1, 0.15) is 15.9 Å². The van der Waals surface area contributed by atoms with Crippen LogP contribution in [0.2, 0.25) is 0 Å². The summed E-state index contributed by atoms with van der Waals surface area (Å²) in [5, 5.41) is 1.18. The lowest BCUT2D eigenvalue weighted by atomic mass is 10.1. The molecule has 0 bridgehead atoms. The van der Waals surface area contributed by atoms with Crippen LogP contribution in [0.3, 0.4) is 0 Å². The predicted octanol–water partition coefficient (Wildman–Crippen LogP) is 3.55. The molecular weight excluding hydrogens is 316 g/mol. The van der Waals surface area contributed by atoms with E-state index in [9.17, 15) is 4.79 Å². The highest BCUT2D eigenvalue weighted by atomic mass is 79.9. The Morgan fingerprint density at radius 2 is 1.95 bits per heavy atom. The Kier molecular flexibility index (Phi) is 3.32. The van der Waals surface area contributed by atoms with Gasteiger partial charge in [0.05, 0.1) is 0 Å². The fourth-order valence-electron chi connectivity index (χ4n) is 2.34. The van der Waals surface area contributed by atoms with Crippen LogP contribution in [0.5, 0.6) is 0 Å². The van der Waals surface area contributed by atoms with E-state index in [0.717, 1.165) is 15.6 Å². The Hall–Kier alpha value is -2.07. The van der Waals surface area contributed by atoms with Crippen LogP contribution in [0.4, 0.5) is 0 Å². The Morgan fingerprint density at radius 1 is 1.15 bits per heavy atom. The molecule has 0 aliphatic rings. The van der Waals surface area contributed by atoms with Crippen LogP contribution in [-0.4, -0.2) is 10.5 Å². The zero-order valence-electron chi connectivity index (χ0n) is 10.7. The van der Waals surface area contributed by atoms with Crippen molar-refractivity contribution in [3.8, 4) is 0 Å². The Balaban J connectivity index is 1.99. The van der Waals surface area contributed by atoms with Gasteiger partial charge in [-0.2, -0.15) is 0 Å². The fraction of sp³-hybridized carbons (Fsp3) is 0.0625. The molecule has 3 aromatic rings. The summed E-state index contributed by atoms with van der Waals surface area (Å²) in [7, 11) is 0.